The predicted molar refractivity (Wildman–Crippen MR) is 62.2 cm³/mol. The van der Waals surface area contributed by atoms with Crippen molar-refractivity contribution in [1.29, 1.82) is 0 Å². The van der Waals surface area contributed by atoms with Crippen molar-refractivity contribution in [2.45, 2.75) is 6.54 Å². The number of anilines is 1. The van der Waals surface area contributed by atoms with Crippen LogP contribution in [0.5, 0.6) is 0 Å². The fourth-order valence-electron chi connectivity index (χ4n) is 1.11. The zero-order chi connectivity index (χ0) is 12.8. The topological polar surface area (TPSA) is 124 Å². The first-order chi connectivity index (χ1) is 8.74. The van der Waals surface area contributed by atoms with Gasteiger partial charge in [0.2, 0.25) is 0 Å². The molecule has 0 fully saturated rings. The largest absolute Gasteiger partial charge is 0.365 e. The van der Waals surface area contributed by atoms with Crippen LogP contribution >= 0.6 is 0 Å². The second-order valence-electron chi connectivity index (χ2n) is 3.25. The van der Waals surface area contributed by atoms with Crippen LogP contribution in [0.1, 0.15) is 5.56 Å². The first-order valence-electron chi connectivity index (χ1n) is 4.99. The van der Waals surface area contributed by atoms with Crippen LogP contribution in [0.15, 0.2) is 29.6 Å². The van der Waals surface area contributed by atoms with Crippen LogP contribution in [0.3, 0.4) is 0 Å². The number of amides is 1. The van der Waals surface area contributed by atoms with Gasteiger partial charge in [0, 0.05) is 12.4 Å². The van der Waals surface area contributed by atoms with Gasteiger partial charge in [-0.05, 0) is 22.9 Å². The third-order valence-electron chi connectivity index (χ3n) is 1.86. The molecule has 2 aromatic heterocycles. The summed E-state index contributed by atoms with van der Waals surface area (Å²) in [5.41, 5.74) is 8.41. The van der Waals surface area contributed by atoms with Crippen molar-refractivity contribution in [3.63, 3.8) is 0 Å². The van der Waals surface area contributed by atoms with E-state index in [1.807, 2.05) is 0 Å². The number of hydrogen-bond donors (Lipinski definition) is 2. The number of carbonyl (C=O) groups excluding carboxylic acids is 1. The van der Waals surface area contributed by atoms with Crippen molar-refractivity contribution in [2.75, 3.05) is 5.73 Å². The Hall–Kier alpha value is -2.84. The molecule has 0 atom stereocenters. The van der Waals surface area contributed by atoms with Crippen LogP contribution in [0.4, 0.5) is 5.95 Å². The molecule has 2 aromatic rings. The Balaban J connectivity index is 1.83. The van der Waals surface area contributed by atoms with E-state index in [9.17, 15) is 4.79 Å². The van der Waals surface area contributed by atoms with Crippen molar-refractivity contribution in [3.05, 3.63) is 30.1 Å². The summed E-state index contributed by atoms with van der Waals surface area (Å²) < 4.78 is 0. The molecule has 0 aliphatic heterocycles. The minimum atomic E-state index is -0.377. The van der Waals surface area contributed by atoms with Crippen LogP contribution in [0.2, 0.25) is 0 Å². The molecule has 0 aliphatic carbocycles. The smallest absolute Gasteiger partial charge is 0.263 e. The third kappa shape index (κ3) is 3.33. The maximum atomic E-state index is 11.4. The standard InChI is InChI=1S/C9H10N8O/c10-9-14-16-17(15-9)6-8(18)13-12-5-7-1-3-11-4-2-7/h1-5H,6H2,(H2,10,15)(H,13,18)/b12-5-. The van der Waals surface area contributed by atoms with E-state index in [4.69, 9.17) is 5.73 Å². The van der Waals surface area contributed by atoms with Gasteiger partial charge in [0.15, 0.2) is 0 Å². The molecule has 0 saturated carbocycles. The van der Waals surface area contributed by atoms with Gasteiger partial charge in [0.05, 0.1) is 6.21 Å². The number of nitrogen functional groups attached to an aromatic ring is 1. The van der Waals surface area contributed by atoms with Crippen molar-refractivity contribution in [3.8, 4) is 0 Å². The van der Waals surface area contributed by atoms with E-state index >= 15 is 0 Å². The number of pyridine rings is 1. The first-order valence-corrected chi connectivity index (χ1v) is 4.99. The SMILES string of the molecule is Nc1nnn(CC(=O)N/N=C\c2ccncc2)n1. The first kappa shape index (κ1) is 11.6. The highest BCUT2D eigenvalue weighted by molar-refractivity contribution is 5.81. The van der Waals surface area contributed by atoms with Gasteiger partial charge in [0.25, 0.3) is 11.9 Å². The van der Waals surface area contributed by atoms with Crippen LogP contribution in [0.25, 0.3) is 0 Å². The van der Waals surface area contributed by atoms with Crippen LogP contribution < -0.4 is 11.2 Å². The van der Waals surface area contributed by atoms with Gasteiger partial charge in [-0.3, -0.25) is 9.78 Å². The van der Waals surface area contributed by atoms with Gasteiger partial charge < -0.3 is 5.73 Å². The van der Waals surface area contributed by atoms with Gasteiger partial charge in [-0.2, -0.15) is 9.90 Å². The normalized spacial score (nSPS) is 10.7. The van der Waals surface area contributed by atoms with Crippen molar-refractivity contribution >= 4 is 18.1 Å². The van der Waals surface area contributed by atoms with E-state index in [0.29, 0.717) is 0 Å². The number of nitrogens with two attached hydrogens (primary N) is 1. The minimum absolute atomic E-state index is 0.0167. The van der Waals surface area contributed by atoms with Crippen molar-refractivity contribution in [1.82, 2.24) is 30.6 Å². The molecule has 9 heteroatoms. The second kappa shape index (κ2) is 5.48. The lowest BCUT2D eigenvalue weighted by Crippen LogP contribution is -2.24. The summed E-state index contributed by atoms with van der Waals surface area (Å²) in [6.07, 6.45) is 4.76. The molecule has 0 saturated heterocycles. The highest BCUT2D eigenvalue weighted by Crippen LogP contribution is 1.90. The summed E-state index contributed by atoms with van der Waals surface area (Å²) >= 11 is 0. The highest BCUT2D eigenvalue weighted by atomic mass is 16.2. The molecule has 0 aromatic carbocycles. The molecule has 92 valence electrons. The van der Waals surface area contributed by atoms with Crippen LogP contribution in [-0.2, 0) is 11.3 Å². The molecule has 1 amide bonds. The predicted octanol–water partition coefficient (Wildman–Crippen LogP) is -1.20. The molecule has 18 heavy (non-hydrogen) atoms. The van der Waals surface area contributed by atoms with E-state index in [1.165, 1.54) is 6.21 Å². The van der Waals surface area contributed by atoms with E-state index in [0.717, 1.165) is 10.4 Å². The quantitative estimate of drug-likeness (QED) is 0.515. The number of tetrazole rings is 1. The van der Waals surface area contributed by atoms with E-state index in [1.54, 1.807) is 24.5 Å². The average Bonchev–Trinajstić information content (AvgIpc) is 2.76. The van der Waals surface area contributed by atoms with Crippen LogP contribution in [-0.4, -0.2) is 37.3 Å². The second-order valence-corrected chi connectivity index (χ2v) is 3.25. The summed E-state index contributed by atoms with van der Waals surface area (Å²) in [5.74, 6) is -0.360. The minimum Gasteiger partial charge on any atom is -0.365 e. The van der Waals surface area contributed by atoms with E-state index in [-0.39, 0.29) is 18.4 Å². The monoisotopic (exact) mass is 246 g/mol. The van der Waals surface area contributed by atoms with Gasteiger partial charge in [-0.15, -0.1) is 5.10 Å². The molecule has 0 aliphatic rings. The fraction of sp³-hybridized carbons (Fsp3) is 0.111. The Morgan fingerprint density at radius 3 is 2.94 bits per heavy atom. The molecular formula is C9H10N8O. The maximum absolute atomic E-state index is 11.4. The summed E-state index contributed by atoms with van der Waals surface area (Å²) in [6, 6.07) is 3.52. The number of hydrazone groups is 1. The number of hydrogen-bond acceptors (Lipinski definition) is 7. The third-order valence-corrected chi connectivity index (χ3v) is 1.86. The molecule has 2 heterocycles. The number of nitrogens with zero attached hydrogens (tertiary/aromatic N) is 6. The maximum Gasteiger partial charge on any atom is 0.263 e. The van der Waals surface area contributed by atoms with Gasteiger partial charge in [-0.1, -0.05) is 5.10 Å². The summed E-state index contributed by atoms with van der Waals surface area (Å²) in [4.78, 5) is 16.3. The fourth-order valence-corrected chi connectivity index (χ4v) is 1.11. The molecule has 0 radical (unpaired) electrons. The van der Waals surface area contributed by atoms with Crippen LogP contribution in [0, 0.1) is 0 Å². The molecule has 0 spiro atoms. The number of aromatic nitrogens is 5. The number of rotatable bonds is 4. The van der Waals surface area contributed by atoms with Gasteiger partial charge >= 0.3 is 0 Å². The molecular weight excluding hydrogens is 236 g/mol. The zero-order valence-corrected chi connectivity index (χ0v) is 9.26. The lowest BCUT2D eigenvalue weighted by Gasteiger charge is -1.97. The molecule has 3 N–H and O–H groups in total. The summed E-state index contributed by atoms with van der Waals surface area (Å²) in [5, 5.41) is 14.4. The Labute approximate surface area is 102 Å². The summed E-state index contributed by atoms with van der Waals surface area (Å²) in [7, 11) is 0. The van der Waals surface area contributed by atoms with E-state index < -0.39 is 0 Å². The van der Waals surface area contributed by atoms with E-state index in [2.05, 4.69) is 30.9 Å². The zero-order valence-electron chi connectivity index (χ0n) is 9.26. The molecule has 0 bridgehead atoms. The Morgan fingerprint density at radius 1 is 1.50 bits per heavy atom. The molecule has 2 rings (SSSR count). The molecule has 0 unspecified atom stereocenters. The Morgan fingerprint density at radius 2 is 2.28 bits per heavy atom. The summed E-state index contributed by atoms with van der Waals surface area (Å²) in [6.45, 7) is -0.0993. The highest BCUT2D eigenvalue weighted by Gasteiger charge is 2.04. The van der Waals surface area contributed by atoms with Gasteiger partial charge in [-0.25, -0.2) is 5.43 Å². The lowest BCUT2D eigenvalue weighted by atomic mass is 10.3. The Bertz CT molecular complexity index is 549. The lowest BCUT2D eigenvalue weighted by molar-refractivity contribution is -0.122. The van der Waals surface area contributed by atoms with Crippen molar-refractivity contribution in [2.24, 2.45) is 5.10 Å². The number of nitrogens with one attached hydrogen (secondary N) is 1. The van der Waals surface area contributed by atoms with Crippen molar-refractivity contribution < 1.29 is 4.79 Å². The molecule has 9 nitrogen and oxygen atoms in total. The number of carbonyl (C=O) groups is 1. The average molecular weight is 246 g/mol. The van der Waals surface area contributed by atoms with Gasteiger partial charge in [0.1, 0.15) is 6.54 Å². The Kier molecular flexibility index (Phi) is 3.54.